The number of aryl methyl sites for hydroxylation is 2. The van der Waals surface area contributed by atoms with Crippen LogP contribution in [0.25, 0.3) is 48.9 Å². The van der Waals surface area contributed by atoms with Crippen LogP contribution in [-0.2, 0) is 0 Å². The van der Waals surface area contributed by atoms with E-state index in [9.17, 15) is 0 Å². The van der Waals surface area contributed by atoms with Crippen molar-refractivity contribution in [1.29, 1.82) is 0 Å². The zero-order chi connectivity index (χ0) is 19.5. The van der Waals surface area contributed by atoms with Gasteiger partial charge >= 0.3 is 0 Å². The molecule has 2 heterocycles. The van der Waals surface area contributed by atoms with Gasteiger partial charge in [0.2, 0.25) is 0 Å². The third kappa shape index (κ3) is 2.16. The van der Waals surface area contributed by atoms with Gasteiger partial charge in [-0.05, 0) is 47.9 Å². The number of rotatable bonds is 0. The molecule has 0 fully saturated rings. The molecule has 6 rings (SSSR count). The van der Waals surface area contributed by atoms with Crippen LogP contribution in [0, 0.1) is 13.8 Å². The van der Waals surface area contributed by atoms with E-state index < -0.39 is 0 Å². The van der Waals surface area contributed by atoms with Crippen molar-refractivity contribution in [2.75, 3.05) is 0 Å². The molecule has 0 saturated heterocycles. The highest BCUT2D eigenvalue weighted by Crippen LogP contribution is 2.36. The Balaban J connectivity index is 2.16. The molecular formula is C28H21N. The van der Waals surface area contributed by atoms with Crippen LogP contribution in [0.5, 0.6) is 0 Å². The normalized spacial score (nSPS) is 11.8. The standard InChI is InChI=1S/C28H21N/c1-18-19(2)21-14-9-15-25-24-13-6-8-17-27(24)29(28(21)25)26-16-7-5-12-23(26)22-11-4-3-10-20(18)22/h3-17H,1-2H3. The zero-order valence-electron chi connectivity index (χ0n) is 16.6. The molecular weight excluding hydrogens is 350 g/mol. The Morgan fingerprint density at radius 3 is 1.55 bits per heavy atom. The van der Waals surface area contributed by atoms with Crippen molar-refractivity contribution in [3.8, 4) is 0 Å². The molecule has 2 aromatic heterocycles. The molecule has 0 unspecified atom stereocenters. The van der Waals surface area contributed by atoms with Gasteiger partial charge in [-0.2, -0.15) is 0 Å². The smallest absolute Gasteiger partial charge is 0.0616 e. The maximum Gasteiger partial charge on any atom is 0.0616 e. The van der Waals surface area contributed by atoms with E-state index >= 15 is 0 Å². The maximum atomic E-state index is 2.47. The molecule has 0 amide bonds. The van der Waals surface area contributed by atoms with Gasteiger partial charge in [-0.25, -0.2) is 0 Å². The summed E-state index contributed by atoms with van der Waals surface area (Å²) in [5.41, 5.74) is 6.46. The predicted molar refractivity (Wildman–Crippen MR) is 126 cm³/mol. The number of fused-ring (bicyclic) bond motifs is 7. The molecule has 4 aromatic carbocycles. The lowest BCUT2D eigenvalue weighted by atomic mass is 10.00. The highest BCUT2D eigenvalue weighted by Gasteiger charge is 2.14. The first-order valence-electron chi connectivity index (χ1n) is 10.1. The van der Waals surface area contributed by atoms with Crippen LogP contribution in [-0.4, -0.2) is 4.40 Å². The first-order chi connectivity index (χ1) is 14.3. The Bertz CT molecular complexity index is 1620. The quantitative estimate of drug-likeness (QED) is 0.257. The van der Waals surface area contributed by atoms with Crippen molar-refractivity contribution < 1.29 is 0 Å². The molecule has 0 aliphatic carbocycles. The number of para-hydroxylation sites is 3. The van der Waals surface area contributed by atoms with Gasteiger partial charge in [0.05, 0.1) is 16.6 Å². The number of nitrogens with zero attached hydrogens (tertiary/aromatic N) is 1. The summed E-state index contributed by atoms with van der Waals surface area (Å²) in [5, 5.41) is 7.80. The summed E-state index contributed by atoms with van der Waals surface area (Å²) in [6, 6.07) is 33.1. The Hall–Kier alpha value is -3.58. The van der Waals surface area contributed by atoms with Gasteiger partial charge in [0.1, 0.15) is 0 Å². The van der Waals surface area contributed by atoms with Crippen LogP contribution in [0.2, 0.25) is 0 Å². The van der Waals surface area contributed by atoms with E-state index in [1.54, 1.807) is 0 Å². The van der Waals surface area contributed by atoms with Gasteiger partial charge in [-0.3, -0.25) is 0 Å². The molecule has 0 atom stereocenters. The van der Waals surface area contributed by atoms with Crippen LogP contribution in [0.15, 0.2) is 91.0 Å². The Kier molecular flexibility index (Phi) is 3.36. The Morgan fingerprint density at radius 1 is 0.414 bits per heavy atom. The summed E-state index contributed by atoms with van der Waals surface area (Å²) < 4.78 is 2.47. The van der Waals surface area contributed by atoms with Crippen molar-refractivity contribution in [2.24, 2.45) is 0 Å². The van der Waals surface area contributed by atoms with E-state index in [2.05, 4.69) is 109 Å². The lowest BCUT2D eigenvalue weighted by Gasteiger charge is -2.04. The molecule has 0 N–H and O–H groups in total. The zero-order valence-corrected chi connectivity index (χ0v) is 16.6. The SMILES string of the molecule is Cc1c(C)c2cccc3c4ccccc4n(c4ccccc4c4ccccc14)c23. The van der Waals surface area contributed by atoms with Crippen LogP contribution in [0.3, 0.4) is 0 Å². The third-order valence-corrected chi connectivity index (χ3v) is 6.43. The van der Waals surface area contributed by atoms with Gasteiger partial charge in [-0.15, -0.1) is 0 Å². The second-order valence-electron chi connectivity index (χ2n) is 7.87. The van der Waals surface area contributed by atoms with Crippen LogP contribution in [0.1, 0.15) is 11.1 Å². The average Bonchev–Trinajstić information content (AvgIpc) is 3.13. The summed E-state index contributed by atoms with van der Waals surface area (Å²) in [6.07, 6.45) is 0. The summed E-state index contributed by atoms with van der Waals surface area (Å²) >= 11 is 0. The maximum absolute atomic E-state index is 2.47. The van der Waals surface area contributed by atoms with Crippen LogP contribution in [0.4, 0.5) is 0 Å². The summed E-state index contributed by atoms with van der Waals surface area (Å²) in [4.78, 5) is 0. The van der Waals surface area contributed by atoms with Crippen LogP contribution < -0.4 is 0 Å². The molecule has 0 radical (unpaired) electrons. The van der Waals surface area contributed by atoms with Gasteiger partial charge in [0.25, 0.3) is 0 Å². The Morgan fingerprint density at radius 2 is 0.862 bits per heavy atom. The molecule has 0 spiro atoms. The van der Waals surface area contributed by atoms with Crippen molar-refractivity contribution in [3.63, 3.8) is 0 Å². The fourth-order valence-corrected chi connectivity index (χ4v) is 4.92. The number of hydrogen-bond donors (Lipinski definition) is 0. The number of aromatic nitrogens is 1. The van der Waals surface area contributed by atoms with E-state index in [0.717, 1.165) is 0 Å². The second kappa shape index (κ2) is 5.96. The summed E-state index contributed by atoms with van der Waals surface area (Å²) in [5.74, 6) is 0. The fraction of sp³-hybridized carbons (Fsp3) is 0.0714. The minimum Gasteiger partial charge on any atom is -0.308 e. The van der Waals surface area contributed by atoms with E-state index in [-0.39, 0.29) is 0 Å². The van der Waals surface area contributed by atoms with E-state index in [1.807, 2.05) is 0 Å². The molecule has 0 aliphatic rings. The van der Waals surface area contributed by atoms with Gasteiger partial charge in [0.15, 0.2) is 0 Å². The van der Waals surface area contributed by atoms with Crippen molar-refractivity contribution in [2.45, 2.75) is 13.8 Å². The largest absolute Gasteiger partial charge is 0.308 e. The summed E-state index contributed by atoms with van der Waals surface area (Å²) in [7, 11) is 0. The summed E-state index contributed by atoms with van der Waals surface area (Å²) in [6.45, 7) is 4.52. The first-order valence-corrected chi connectivity index (χ1v) is 10.1. The predicted octanol–water partition coefficient (Wildman–Crippen LogP) is 7.73. The van der Waals surface area contributed by atoms with Gasteiger partial charge in [-0.1, -0.05) is 78.9 Å². The van der Waals surface area contributed by atoms with Gasteiger partial charge < -0.3 is 4.40 Å². The van der Waals surface area contributed by atoms with E-state index in [4.69, 9.17) is 0 Å². The van der Waals surface area contributed by atoms with Crippen LogP contribution >= 0.6 is 0 Å². The average molecular weight is 371 g/mol. The molecule has 0 aliphatic heterocycles. The molecule has 1 heteroatoms. The second-order valence-corrected chi connectivity index (χ2v) is 7.87. The molecule has 29 heavy (non-hydrogen) atoms. The molecule has 138 valence electrons. The minimum absolute atomic E-state index is 1.24. The lowest BCUT2D eigenvalue weighted by Crippen LogP contribution is -1.86. The highest BCUT2D eigenvalue weighted by atomic mass is 14.9. The fourth-order valence-electron chi connectivity index (χ4n) is 4.92. The topological polar surface area (TPSA) is 4.41 Å². The Labute approximate surface area is 169 Å². The van der Waals surface area contributed by atoms with Crippen molar-refractivity contribution >= 4 is 48.9 Å². The van der Waals surface area contributed by atoms with Crippen molar-refractivity contribution in [1.82, 2.24) is 4.40 Å². The monoisotopic (exact) mass is 371 g/mol. The van der Waals surface area contributed by atoms with Gasteiger partial charge in [0, 0.05) is 21.5 Å². The third-order valence-electron chi connectivity index (χ3n) is 6.43. The number of hydrogen-bond acceptors (Lipinski definition) is 0. The van der Waals surface area contributed by atoms with E-state index in [1.165, 1.54) is 60.0 Å². The lowest BCUT2D eigenvalue weighted by molar-refractivity contribution is 1.35. The highest BCUT2D eigenvalue weighted by molar-refractivity contribution is 6.17. The molecule has 0 saturated carbocycles. The number of benzene rings is 4. The van der Waals surface area contributed by atoms with Crippen molar-refractivity contribution in [3.05, 3.63) is 102 Å². The molecule has 6 aromatic rings. The minimum atomic E-state index is 1.24. The molecule has 0 bridgehead atoms. The molecule has 1 nitrogen and oxygen atoms in total. The first kappa shape index (κ1) is 16.4. The van der Waals surface area contributed by atoms with E-state index in [0.29, 0.717) is 0 Å².